The highest BCUT2D eigenvalue weighted by molar-refractivity contribution is 6.15. The molecule has 0 saturated heterocycles. The summed E-state index contributed by atoms with van der Waals surface area (Å²) in [6, 6.07) is 10.4. The minimum Gasteiger partial charge on any atom is -0.493 e. The summed E-state index contributed by atoms with van der Waals surface area (Å²) >= 11 is 0. The Hall–Kier alpha value is -4.33. The average molecular weight is 459 g/mol. The number of hydrogen-bond acceptors (Lipinski definition) is 8. The van der Waals surface area contributed by atoms with Crippen molar-refractivity contribution in [3.05, 3.63) is 76.8 Å². The van der Waals surface area contributed by atoms with Crippen LogP contribution in [0.15, 0.2) is 54.6 Å². The Labute approximate surface area is 195 Å². The van der Waals surface area contributed by atoms with Crippen molar-refractivity contribution in [2.24, 2.45) is 0 Å². The van der Waals surface area contributed by atoms with Gasteiger partial charge >= 0.3 is 5.97 Å². The Bertz CT molecular complexity index is 1330. The maximum absolute atomic E-state index is 13.3. The number of ketones is 1. The largest absolute Gasteiger partial charge is 0.493 e. The third kappa shape index (κ3) is 3.44. The molecule has 0 bridgehead atoms. The molecule has 8 nitrogen and oxygen atoms in total. The van der Waals surface area contributed by atoms with E-state index in [2.05, 4.69) is 4.98 Å². The number of methoxy groups -OCH3 is 3. The van der Waals surface area contributed by atoms with Crippen molar-refractivity contribution in [3.8, 4) is 28.7 Å². The highest BCUT2D eigenvalue weighted by atomic mass is 16.5. The fourth-order valence-electron chi connectivity index (χ4n) is 4.37. The maximum atomic E-state index is 13.3. The van der Waals surface area contributed by atoms with Crippen molar-refractivity contribution >= 4 is 17.8 Å². The first kappa shape index (κ1) is 21.5. The number of esters is 1. The van der Waals surface area contributed by atoms with E-state index in [1.54, 1.807) is 42.7 Å². The second kappa shape index (κ2) is 8.55. The van der Waals surface area contributed by atoms with E-state index in [1.807, 2.05) is 12.1 Å². The Morgan fingerprint density at radius 1 is 0.912 bits per heavy atom. The van der Waals surface area contributed by atoms with Gasteiger partial charge in [-0.3, -0.25) is 14.6 Å². The number of rotatable bonds is 5. The summed E-state index contributed by atoms with van der Waals surface area (Å²) in [5, 5.41) is 0. The summed E-state index contributed by atoms with van der Waals surface area (Å²) in [5.74, 6) is 1.27. The molecule has 3 aromatic rings. The van der Waals surface area contributed by atoms with E-state index in [0.29, 0.717) is 45.4 Å². The summed E-state index contributed by atoms with van der Waals surface area (Å²) < 4.78 is 27.9. The molecule has 172 valence electrons. The molecule has 0 saturated carbocycles. The first-order valence-corrected chi connectivity index (χ1v) is 10.6. The van der Waals surface area contributed by atoms with Crippen molar-refractivity contribution in [1.82, 2.24) is 4.98 Å². The Balaban J connectivity index is 1.61. The first-order chi connectivity index (χ1) is 16.5. The molecule has 1 aromatic heterocycles. The molecule has 0 N–H and O–H groups in total. The van der Waals surface area contributed by atoms with Crippen LogP contribution in [0, 0.1) is 0 Å². The average Bonchev–Trinajstić information content (AvgIpc) is 3.18. The topological polar surface area (TPSA) is 93.2 Å². The highest BCUT2D eigenvalue weighted by Crippen LogP contribution is 2.49. The zero-order chi connectivity index (χ0) is 23.8. The molecule has 2 aromatic carbocycles. The van der Waals surface area contributed by atoms with Gasteiger partial charge in [-0.1, -0.05) is 0 Å². The molecule has 5 rings (SSSR count). The number of pyridine rings is 1. The fraction of sp³-hybridized carbons (Fsp3) is 0.192. The quantitative estimate of drug-likeness (QED) is 0.319. The zero-order valence-corrected chi connectivity index (χ0v) is 18.8. The standard InChI is InChI=1S/C26H21NO7/c1-30-19-6-4-15(24(31-2)26(19)32-3)12-20-23(29)16-5-7-18-22(25(16)34-20)17(13-21(28)33-18)14-8-10-27-11-9-14/h4-12,17H,13H2,1-3H3/b20-12-. The van der Waals surface area contributed by atoms with E-state index in [1.165, 1.54) is 21.3 Å². The summed E-state index contributed by atoms with van der Waals surface area (Å²) in [4.78, 5) is 29.6. The van der Waals surface area contributed by atoms with Crippen LogP contribution in [0.3, 0.4) is 0 Å². The lowest BCUT2D eigenvalue weighted by Gasteiger charge is -2.26. The number of carbonyl (C=O) groups is 2. The number of hydrogen-bond donors (Lipinski definition) is 0. The van der Waals surface area contributed by atoms with Crippen molar-refractivity contribution in [2.75, 3.05) is 21.3 Å². The molecular formula is C26H21NO7. The van der Waals surface area contributed by atoms with Gasteiger partial charge in [-0.05, 0) is 48.0 Å². The van der Waals surface area contributed by atoms with Crippen molar-refractivity contribution < 1.29 is 33.3 Å². The van der Waals surface area contributed by atoms with E-state index in [4.69, 9.17) is 23.7 Å². The minimum atomic E-state index is -0.343. The summed E-state index contributed by atoms with van der Waals surface area (Å²) in [6.07, 6.45) is 5.07. The lowest BCUT2D eigenvalue weighted by Crippen LogP contribution is -2.21. The third-order valence-electron chi connectivity index (χ3n) is 5.91. The van der Waals surface area contributed by atoms with Crippen LogP contribution in [0.25, 0.3) is 6.08 Å². The number of carbonyl (C=O) groups excluding carboxylic acids is 2. The van der Waals surface area contributed by atoms with Crippen molar-refractivity contribution in [3.63, 3.8) is 0 Å². The molecule has 0 radical (unpaired) electrons. The van der Waals surface area contributed by atoms with Gasteiger partial charge in [0.1, 0.15) is 11.5 Å². The SMILES string of the molecule is COc1ccc(/C=C2\Oc3c(ccc4c3C(c3ccncc3)CC(=O)O4)C2=O)c(OC)c1OC. The molecule has 0 aliphatic carbocycles. The summed E-state index contributed by atoms with van der Waals surface area (Å²) in [6.45, 7) is 0. The van der Waals surface area contributed by atoms with Crippen LogP contribution in [0.4, 0.5) is 0 Å². The first-order valence-electron chi connectivity index (χ1n) is 10.6. The van der Waals surface area contributed by atoms with Crippen LogP contribution in [0.2, 0.25) is 0 Å². The molecular weight excluding hydrogens is 438 g/mol. The van der Waals surface area contributed by atoms with Gasteiger partial charge in [0.2, 0.25) is 11.5 Å². The van der Waals surface area contributed by atoms with Gasteiger partial charge in [-0.2, -0.15) is 0 Å². The number of Topliss-reactive ketones (excluding diaryl/α,β-unsaturated/α-hetero) is 1. The Morgan fingerprint density at radius 3 is 2.38 bits per heavy atom. The molecule has 3 heterocycles. The normalized spacial score (nSPS) is 17.5. The number of fused-ring (bicyclic) bond motifs is 3. The molecule has 0 amide bonds. The minimum absolute atomic E-state index is 0.124. The zero-order valence-electron chi connectivity index (χ0n) is 18.8. The van der Waals surface area contributed by atoms with Gasteiger partial charge in [-0.25, -0.2) is 0 Å². The van der Waals surface area contributed by atoms with Crippen molar-refractivity contribution in [2.45, 2.75) is 12.3 Å². The predicted octanol–water partition coefficient (Wildman–Crippen LogP) is 4.16. The van der Waals surface area contributed by atoms with E-state index in [0.717, 1.165) is 5.56 Å². The lowest BCUT2D eigenvalue weighted by atomic mass is 9.85. The van der Waals surface area contributed by atoms with E-state index in [9.17, 15) is 9.59 Å². The number of nitrogens with zero attached hydrogens (tertiary/aromatic N) is 1. The smallest absolute Gasteiger partial charge is 0.312 e. The molecule has 2 aliphatic rings. The third-order valence-corrected chi connectivity index (χ3v) is 5.91. The lowest BCUT2D eigenvalue weighted by molar-refractivity contribution is -0.135. The summed E-state index contributed by atoms with van der Waals surface area (Å²) in [7, 11) is 4.55. The Kier molecular flexibility index (Phi) is 5.41. The predicted molar refractivity (Wildman–Crippen MR) is 122 cm³/mol. The van der Waals surface area contributed by atoms with Gasteiger partial charge in [0.25, 0.3) is 0 Å². The second-order valence-corrected chi connectivity index (χ2v) is 7.73. The van der Waals surface area contributed by atoms with Gasteiger partial charge in [-0.15, -0.1) is 0 Å². The monoisotopic (exact) mass is 459 g/mol. The Morgan fingerprint density at radius 2 is 1.68 bits per heavy atom. The number of allylic oxidation sites excluding steroid dienone is 1. The van der Waals surface area contributed by atoms with Crippen LogP contribution in [-0.4, -0.2) is 38.1 Å². The summed E-state index contributed by atoms with van der Waals surface area (Å²) in [5.41, 5.74) is 2.54. The van der Waals surface area contributed by atoms with Crippen LogP contribution < -0.4 is 23.7 Å². The highest BCUT2D eigenvalue weighted by Gasteiger charge is 2.38. The molecule has 0 fully saturated rings. The maximum Gasteiger partial charge on any atom is 0.312 e. The van der Waals surface area contributed by atoms with E-state index >= 15 is 0 Å². The second-order valence-electron chi connectivity index (χ2n) is 7.73. The van der Waals surface area contributed by atoms with Crippen LogP contribution >= 0.6 is 0 Å². The number of ether oxygens (including phenoxy) is 5. The molecule has 1 atom stereocenters. The van der Waals surface area contributed by atoms with Gasteiger partial charge < -0.3 is 23.7 Å². The number of aromatic nitrogens is 1. The molecule has 2 aliphatic heterocycles. The van der Waals surface area contributed by atoms with E-state index < -0.39 is 0 Å². The van der Waals surface area contributed by atoms with Gasteiger partial charge in [0.05, 0.1) is 33.3 Å². The van der Waals surface area contributed by atoms with Crippen LogP contribution in [0.1, 0.15) is 39.4 Å². The van der Waals surface area contributed by atoms with E-state index in [-0.39, 0.29) is 29.9 Å². The molecule has 0 spiro atoms. The fourth-order valence-corrected chi connectivity index (χ4v) is 4.37. The molecule has 8 heteroatoms. The number of benzene rings is 2. The van der Waals surface area contributed by atoms with Crippen molar-refractivity contribution in [1.29, 1.82) is 0 Å². The van der Waals surface area contributed by atoms with Gasteiger partial charge in [0, 0.05) is 29.4 Å². The van der Waals surface area contributed by atoms with Gasteiger partial charge in [0.15, 0.2) is 17.3 Å². The van der Waals surface area contributed by atoms with Crippen LogP contribution in [-0.2, 0) is 4.79 Å². The molecule has 34 heavy (non-hydrogen) atoms. The van der Waals surface area contributed by atoms with Crippen LogP contribution in [0.5, 0.6) is 28.7 Å². The molecule has 1 unspecified atom stereocenters.